The molecule has 2 aromatic carbocycles. The lowest BCUT2D eigenvalue weighted by Gasteiger charge is -2.08. The number of nitro benzene ring substituents is 1. The van der Waals surface area contributed by atoms with Crippen molar-refractivity contribution in [1.29, 1.82) is 0 Å². The van der Waals surface area contributed by atoms with E-state index in [1.54, 1.807) is 31.2 Å². The second-order valence-electron chi connectivity index (χ2n) is 6.10. The molecule has 0 saturated heterocycles. The number of benzene rings is 2. The van der Waals surface area contributed by atoms with E-state index < -0.39 is 16.9 Å². The first-order chi connectivity index (χ1) is 13.8. The number of ether oxygens (including phenoxy) is 3. The number of nitrogens with zero attached hydrogens (tertiary/aromatic N) is 2. The van der Waals surface area contributed by atoms with Crippen molar-refractivity contribution in [3.63, 3.8) is 0 Å². The summed E-state index contributed by atoms with van der Waals surface area (Å²) in [6.45, 7) is 2.89. The van der Waals surface area contributed by atoms with Gasteiger partial charge in [0.25, 0.3) is 5.69 Å². The molecule has 0 atom stereocenters. The Balaban J connectivity index is 1.94. The molecule has 2 aromatic rings. The molecule has 9 heteroatoms. The fraction of sp³-hybridized carbons (Fsp3) is 0.150. The third-order valence-electron chi connectivity index (χ3n) is 4.02. The lowest BCUT2D eigenvalue weighted by Crippen LogP contribution is -2.06. The summed E-state index contributed by atoms with van der Waals surface area (Å²) in [7, 11) is 1.42. The van der Waals surface area contributed by atoms with E-state index in [4.69, 9.17) is 14.2 Å². The second kappa shape index (κ2) is 7.93. The van der Waals surface area contributed by atoms with Gasteiger partial charge in [-0.1, -0.05) is 12.1 Å². The first kappa shape index (κ1) is 19.7. The van der Waals surface area contributed by atoms with Crippen molar-refractivity contribution in [2.24, 2.45) is 4.99 Å². The third kappa shape index (κ3) is 4.29. The lowest BCUT2D eigenvalue weighted by molar-refractivity contribution is -0.385. The molecule has 0 spiro atoms. The van der Waals surface area contributed by atoms with E-state index in [0.717, 1.165) is 0 Å². The summed E-state index contributed by atoms with van der Waals surface area (Å²) >= 11 is 0. The van der Waals surface area contributed by atoms with Crippen LogP contribution in [-0.2, 0) is 14.3 Å². The topological polar surface area (TPSA) is 117 Å². The maximum atomic E-state index is 12.2. The van der Waals surface area contributed by atoms with Gasteiger partial charge >= 0.3 is 11.9 Å². The number of aliphatic imine (C=N–C) groups is 1. The Bertz CT molecular complexity index is 1090. The van der Waals surface area contributed by atoms with Crippen LogP contribution >= 0.6 is 0 Å². The minimum Gasteiger partial charge on any atom is -0.493 e. The first-order valence-electron chi connectivity index (χ1n) is 8.43. The van der Waals surface area contributed by atoms with Crippen LogP contribution in [0.1, 0.15) is 23.6 Å². The number of hydrogen-bond donors (Lipinski definition) is 0. The third-order valence-corrected chi connectivity index (χ3v) is 4.02. The zero-order chi connectivity index (χ0) is 21.1. The van der Waals surface area contributed by atoms with Crippen molar-refractivity contribution in [1.82, 2.24) is 0 Å². The van der Waals surface area contributed by atoms with Crippen LogP contribution in [0.3, 0.4) is 0 Å². The van der Waals surface area contributed by atoms with E-state index in [0.29, 0.717) is 22.4 Å². The van der Waals surface area contributed by atoms with Gasteiger partial charge in [0.2, 0.25) is 5.90 Å². The van der Waals surface area contributed by atoms with Crippen LogP contribution < -0.4 is 9.47 Å². The highest BCUT2D eigenvalue weighted by atomic mass is 16.6. The molecule has 0 unspecified atom stereocenters. The number of carbonyl (C=O) groups is 2. The number of methoxy groups -OCH3 is 1. The minimum atomic E-state index is -0.689. The highest BCUT2D eigenvalue weighted by Crippen LogP contribution is 2.30. The van der Waals surface area contributed by atoms with Crippen molar-refractivity contribution >= 4 is 29.6 Å². The van der Waals surface area contributed by atoms with Crippen LogP contribution in [-0.4, -0.2) is 29.9 Å². The molecule has 1 aliphatic heterocycles. The molecule has 9 nitrogen and oxygen atoms in total. The zero-order valence-electron chi connectivity index (χ0n) is 15.8. The van der Waals surface area contributed by atoms with Gasteiger partial charge in [-0.25, -0.2) is 9.79 Å². The molecule has 0 aliphatic carbocycles. The molecule has 148 valence electrons. The van der Waals surface area contributed by atoms with Gasteiger partial charge in [0.15, 0.2) is 17.2 Å². The van der Waals surface area contributed by atoms with Crippen LogP contribution in [0.5, 0.6) is 11.5 Å². The number of cyclic esters (lactones) is 1. The normalized spacial score (nSPS) is 14.4. The summed E-state index contributed by atoms with van der Waals surface area (Å²) < 4.78 is 15.4. The zero-order valence-corrected chi connectivity index (χ0v) is 15.8. The van der Waals surface area contributed by atoms with Gasteiger partial charge in [0.05, 0.1) is 12.0 Å². The molecule has 29 heavy (non-hydrogen) atoms. The highest BCUT2D eigenvalue weighted by molar-refractivity contribution is 6.13. The average Bonchev–Trinajstić information content (AvgIpc) is 3.03. The maximum absolute atomic E-state index is 12.2. The molecule has 0 fully saturated rings. The van der Waals surface area contributed by atoms with Gasteiger partial charge in [-0.05, 0) is 36.8 Å². The highest BCUT2D eigenvalue weighted by Gasteiger charge is 2.26. The summed E-state index contributed by atoms with van der Waals surface area (Å²) in [6.07, 6.45) is 1.47. The van der Waals surface area contributed by atoms with Crippen molar-refractivity contribution in [3.8, 4) is 11.5 Å². The van der Waals surface area contributed by atoms with Gasteiger partial charge in [0.1, 0.15) is 0 Å². The predicted molar refractivity (Wildman–Crippen MR) is 103 cm³/mol. The van der Waals surface area contributed by atoms with Crippen molar-refractivity contribution in [2.75, 3.05) is 7.11 Å². The lowest BCUT2D eigenvalue weighted by atomic mass is 10.1. The standard InChI is InChI=1S/C20H16N2O7/c1-11-4-6-14(10-16(11)22(25)26)19-21-15(20(24)29-19)8-13-5-7-17(28-12(2)23)18(9-13)27-3/h4-10H,1-3H3/b15-8-. The van der Waals surface area contributed by atoms with Crippen LogP contribution in [0.25, 0.3) is 6.08 Å². The molecule has 0 aromatic heterocycles. The van der Waals surface area contributed by atoms with Crippen LogP contribution in [0.15, 0.2) is 47.1 Å². The molecule has 0 radical (unpaired) electrons. The quantitative estimate of drug-likeness (QED) is 0.250. The maximum Gasteiger partial charge on any atom is 0.363 e. The molecule has 0 amide bonds. The number of aryl methyl sites for hydroxylation is 1. The van der Waals surface area contributed by atoms with E-state index >= 15 is 0 Å². The average molecular weight is 396 g/mol. The molecule has 0 N–H and O–H groups in total. The fourth-order valence-corrected chi connectivity index (χ4v) is 2.64. The van der Waals surface area contributed by atoms with Crippen LogP contribution in [0.4, 0.5) is 5.69 Å². The molecule has 1 aliphatic rings. The summed E-state index contributed by atoms with van der Waals surface area (Å²) in [5.41, 5.74) is 1.29. The first-order valence-corrected chi connectivity index (χ1v) is 8.43. The summed E-state index contributed by atoms with van der Waals surface area (Å²) in [5, 5.41) is 11.1. The van der Waals surface area contributed by atoms with Crippen molar-refractivity contribution in [3.05, 3.63) is 68.9 Å². The number of nitro groups is 1. The number of hydrogen-bond acceptors (Lipinski definition) is 8. The summed E-state index contributed by atoms with van der Waals surface area (Å²) in [4.78, 5) is 38.1. The largest absolute Gasteiger partial charge is 0.493 e. The minimum absolute atomic E-state index is 0.0190. The van der Waals surface area contributed by atoms with Gasteiger partial charge in [-0.15, -0.1) is 0 Å². The molecular weight excluding hydrogens is 380 g/mol. The molecule has 0 bridgehead atoms. The van der Waals surface area contributed by atoms with Crippen molar-refractivity contribution in [2.45, 2.75) is 13.8 Å². The molecular formula is C20H16N2O7. The van der Waals surface area contributed by atoms with Crippen LogP contribution in [0, 0.1) is 17.0 Å². The predicted octanol–water partition coefficient (Wildman–Crippen LogP) is 3.18. The van der Waals surface area contributed by atoms with Crippen LogP contribution in [0.2, 0.25) is 0 Å². The number of esters is 2. The Morgan fingerprint density at radius 2 is 1.97 bits per heavy atom. The Morgan fingerprint density at radius 3 is 2.62 bits per heavy atom. The second-order valence-corrected chi connectivity index (χ2v) is 6.10. The Kier molecular flexibility index (Phi) is 5.40. The van der Waals surface area contributed by atoms with Gasteiger partial charge in [-0.3, -0.25) is 14.9 Å². The molecule has 0 saturated carbocycles. The molecule has 1 heterocycles. The summed E-state index contributed by atoms with van der Waals surface area (Å²) in [6, 6.07) is 9.18. The van der Waals surface area contributed by atoms with Crippen molar-refractivity contribution < 1.29 is 28.7 Å². The van der Waals surface area contributed by atoms with Gasteiger partial charge < -0.3 is 14.2 Å². The number of rotatable bonds is 5. The monoisotopic (exact) mass is 396 g/mol. The number of carbonyl (C=O) groups excluding carboxylic acids is 2. The smallest absolute Gasteiger partial charge is 0.363 e. The van der Waals surface area contributed by atoms with E-state index in [1.165, 1.54) is 32.2 Å². The SMILES string of the molecule is COc1cc(/C=C2\N=C(c3ccc(C)c([N+](=O)[O-])c3)OC2=O)ccc1OC(C)=O. The Labute approximate surface area is 165 Å². The van der Waals surface area contributed by atoms with E-state index in [1.807, 2.05) is 0 Å². The van der Waals surface area contributed by atoms with E-state index in [9.17, 15) is 19.7 Å². The Morgan fingerprint density at radius 1 is 1.21 bits per heavy atom. The van der Waals surface area contributed by atoms with Gasteiger partial charge in [0, 0.05) is 24.1 Å². The summed E-state index contributed by atoms with van der Waals surface area (Å²) in [5.74, 6) is -0.652. The van der Waals surface area contributed by atoms with Gasteiger partial charge in [-0.2, -0.15) is 0 Å². The molecule has 3 rings (SSSR count). The Hall–Kier alpha value is -4.01. The fourth-order valence-electron chi connectivity index (χ4n) is 2.64. The van der Waals surface area contributed by atoms with E-state index in [-0.39, 0.29) is 23.0 Å². The van der Waals surface area contributed by atoms with E-state index in [2.05, 4.69) is 4.99 Å².